The molecule has 116 valence electrons. The molecule has 3 rings (SSSR count). The van der Waals surface area contributed by atoms with Gasteiger partial charge in [0.05, 0.1) is 9.26 Å². The van der Waals surface area contributed by atoms with Gasteiger partial charge in [0.1, 0.15) is 11.6 Å². The fourth-order valence-electron chi connectivity index (χ4n) is 3.82. The Balaban J connectivity index is 1.91. The molecule has 0 unspecified atom stereocenters. The highest BCUT2D eigenvalue weighted by atomic mass is 127. The first-order valence-electron chi connectivity index (χ1n) is 8.44. The van der Waals surface area contributed by atoms with Gasteiger partial charge >= 0.3 is 0 Å². The maximum Gasteiger partial charge on any atom is 0.143 e. The van der Waals surface area contributed by atoms with Gasteiger partial charge in [-0.2, -0.15) is 0 Å². The van der Waals surface area contributed by atoms with Crippen molar-refractivity contribution < 1.29 is 0 Å². The van der Waals surface area contributed by atoms with Crippen molar-refractivity contribution in [2.75, 3.05) is 12.4 Å². The molecule has 0 saturated heterocycles. The number of nitrogens with one attached hydrogen (secondary N) is 1. The Labute approximate surface area is 141 Å². The van der Waals surface area contributed by atoms with Crippen molar-refractivity contribution in [3.63, 3.8) is 0 Å². The number of halogens is 1. The molecule has 0 bridgehead atoms. The van der Waals surface area contributed by atoms with E-state index in [1.54, 1.807) is 0 Å². The van der Waals surface area contributed by atoms with Crippen LogP contribution in [0.15, 0.2) is 0 Å². The molecule has 21 heavy (non-hydrogen) atoms. The lowest BCUT2D eigenvalue weighted by Crippen LogP contribution is -2.17. The number of hydrogen-bond donors (Lipinski definition) is 1. The zero-order chi connectivity index (χ0) is 14.8. The van der Waals surface area contributed by atoms with Crippen LogP contribution in [0.25, 0.3) is 0 Å². The second kappa shape index (κ2) is 6.80. The molecule has 0 amide bonds. The zero-order valence-electron chi connectivity index (χ0n) is 13.2. The van der Waals surface area contributed by atoms with E-state index in [1.807, 2.05) is 7.05 Å². The molecule has 1 aromatic heterocycles. The molecule has 1 heterocycles. The second-order valence-corrected chi connectivity index (χ2v) is 7.90. The minimum atomic E-state index is 0.574. The first-order valence-corrected chi connectivity index (χ1v) is 9.52. The molecule has 0 aliphatic heterocycles. The summed E-state index contributed by atoms with van der Waals surface area (Å²) in [4.78, 5) is 9.89. The molecule has 2 fully saturated rings. The summed E-state index contributed by atoms with van der Waals surface area (Å²) >= 11 is 2.43. The molecule has 0 aromatic carbocycles. The summed E-state index contributed by atoms with van der Waals surface area (Å²) in [5.41, 5.74) is 1.32. The lowest BCUT2D eigenvalue weighted by molar-refractivity contribution is 0.339. The SMILES string of the molecule is CNc1nc(C2CCC(C)CC2)nc(C2CCCC2)c1I. The van der Waals surface area contributed by atoms with Crippen LogP contribution in [-0.4, -0.2) is 17.0 Å². The lowest BCUT2D eigenvalue weighted by atomic mass is 9.82. The van der Waals surface area contributed by atoms with Crippen LogP contribution in [0.1, 0.15) is 81.6 Å². The van der Waals surface area contributed by atoms with Crippen molar-refractivity contribution in [1.29, 1.82) is 0 Å². The normalized spacial score (nSPS) is 27.0. The maximum absolute atomic E-state index is 5.05. The van der Waals surface area contributed by atoms with E-state index in [9.17, 15) is 0 Å². The first kappa shape index (κ1) is 15.5. The van der Waals surface area contributed by atoms with Gasteiger partial charge < -0.3 is 5.32 Å². The van der Waals surface area contributed by atoms with Crippen molar-refractivity contribution in [2.45, 2.75) is 70.1 Å². The largest absolute Gasteiger partial charge is 0.372 e. The second-order valence-electron chi connectivity index (χ2n) is 6.82. The van der Waals surface area contributed by atoms with E-state index in [-0.39, 0.29) is 0 Å². The van der Waals surface area contributed by atoms with Crippen molar-refractivity contribution in [3.05, 3.63) is 15.1 Å². The summed E-state index contributed by atoms with van der Waals surface area (Å²) < 4.78 is 1.25. The Hall–Kier alpha value is -0.390. The van der Waals surface area contributed by atoms with Gasteiger partial charge in [-0.1, -0.05) is 32.6 Å². The predicted octanol–water partition coefficient (Wildman–Crippen LogP) is 5.07. The molecule has 0 radical (unpaired) electrons. The fourth-order valence-corrected chi connectivity index (χ4v) is 4.77. The highest BCUT2D eigenvalue weighted by molar-refractivity contribution is 14.1. The minimum Gasteiger partial charge on any atom is -0.372 e. The van der Waals surface area contributed by atoms with Crippen LogP contribution in [-0.2, 0) is 0 Å². The molecule has 2 aliphatic rings. The summed E-state index contributed by atoms with van der Waals surface area (Å²) in [6, 6.07) is 0. The van der Waals surface area contributed by atoms with Crippen LogP contribution >= 0.6 is 22.6 Å². The molecule has 2 saturated carbocycles. The number of anilines is 1. The summed E-state index contributed by atoms with van der Waals surface area (Å²) in [6.45, 7) is 2.37. The van der Waals surface area contributed by atoms with Gasteiger partial charge in [-0.25, -0.2) is 9.97 Å². The highest BCUT2D eigenvalue weighted by Gasteiger charge is 2.27. The number of aromatic nitrogens is 2. The van der Waals surface area contributed by atoms with Crippen molar-refractivity contribution in [2.24, 2.45) is 5.92 Å². The topological polar surface area (TPSA) is 37.8 Å². The Morgan fingerprint density at radius 1 is 0.952 bits per heavy atom. The third-order valence-corrected chi connectivity index (χ3v) is 6.32. The van der Waals surface area contributed by atoms with Crippen LogP contribution in [0.3, 0.4) is 0 Å². The Kier molecular flexibility index (Phi) is 5.02. The van der Waals surface area contributed by atoms with E-state index >= 15 is 0 Å². The molecule has 3 nitrogen and oxygen atoms in total. The predicted molar refractivity (Wildman–Crippen MR) is 95.9 cm³/mol. The molecular weight excluding hydrogens is 373 g/mol. The Morgan fingerprint density at radius 3 is 2.24 bits per heavy atom. The standard InChI is InChI=1S/C17H26IN3/c1-11-7-9-13(10-8-11)16-20-15(12-5-3-4-6-12)14(18)17(19-2)21-16/h11-13H,3-10H2,1-2H3,(H,19,20,21). The maximum atomic E-state index is 5.05. The minimum absolute atomic E-state index is 0.574. The fraction of sp³-hybridized carbons (Fsp3) is 0.765. The van der Waals surface area contributed by atoms with Gasteiger partial charge in [0.2, 0.25) is 0 Å². The van der Waals surface area contributed by atoms with Crippen LogP contribution in [0, 0.1) is 9.49 Å². The number of hydrogen-bond acceptors (Lipinski definition) is 3. The Bertz CT molecular complexity index is 489. The van der Waals surface area contributed by atoms with E-state index in [1.165, 1.54) is 60.6 Å². The number of nitrogens with zero attached hydrogens (tertiary/aromatic N) is 2. The van der Waals surface area contributed by atoms with Crippen LogP contribution < -0.4 is 5.32 Å². The van der Waals surface area contributed by atoms with E-state index < -0.39 is 0 Å². The highest BCUT2D eigenvalue weighted by Crippen LogP contribution is 2.39. The third-order valence-electron chi connectivity index (χ3n) is 5.25. The Morgan fingerprint density at radius 2 is 1.62 bits per heavy atom. The quantitative estimate of drug-likeness (QED) is 0.721. The number of rotatable bonds is 3. The van der Waals surface area contributed by atoms with E-state index in [2.05, 4.69) is 34.8 Å². The van der Waals surface area contributed by atoms with E-state index in [0.29, 0.717) is 11.8 Å². The van der Waals surface area contributed by atoms with Gasteiger partial charge in [-0.3, -0.25) is 0 Å². The summed E-state index contributed by atoms with van der Waals surface area (Å²) in [7, 11) is 1.98. The van der Waals surface area contributed by atoms with Crippen molar-refractivity contribution in [1.82, 2.24) is 9.97 Å². The van der Waals surface area contributed by atoms with Crippen LogP contribution in [0.2, 0.25) is 0 Å². The summed E-state index contributed by atoms with van der Waals surface area (Å²) in [6.07, 6.45) is 10.5. The van der Waals surface area contributed by atoms with Gasteiger partial charge in [-0.05, 0) is 54.2 Å². The average Bonchev–Trinajstić information content (AvgIpc) is 3.02. The van der Waals surface area contributed by atoms with Crippen molar-refractivity contribution in [3.8, 4) is 0 Å². The molecule has 0 spiro atoms. The van der Waals surface area contributed by atoms with Gasteiger partial charge in [0.25, 0.3) is 0 Å². The zero-order valence-corrected chi connectivity index (χ0v) is 15.3. The van der Waals surface area contributed by atoms with Crippen LogP contribution in [0.4, 0.5) is 5.82 Å². The molecule has 0 atom stereocenters. The molecule has 1 N–H and O–H groups in total. The molecule has 2 aliphatic carbocycles. The molecular formula is C17H26IN3. The summed E-state index contributed by atoms with van der Waals surface area (Å²) in [5.74, 6) is 4.26. The van der Waals surface area contributed by atoms with Crippen molar-refractivity contribution >= 4 is 28.4 Å². The monoisotopic (exact) mass is 399 g/mol. The lowest BCUT2D eigenvalue weighted by Gasteiger charge is -2.26. The summed E-state index contributed by atoms with van der Waals surface area (Å²) in [5, 5.41) is 3.29. The van der Waals surface area contributed by atoms with E-state index in [0.717, 1.165) is 17.6 Å². The van der Waals surface area contributed by atoms with Gasteiger partial charge in [0, 0.05) is 18.9 Å². The van der Waals surface area contributed by atoms with E-state index in [4.69, 9.17) is 9.97 Å². The first-order chi connectivity index (χ1) is 10.2. The smallest absolute Gasteiger partial charge is 0.143 e. The van der Waals surface area contributed by atoms with Gasteiger partial charge in [0.15, 0.2) is 0 Å². The molecule has 1 aromatic rings. The average molecular weight is 399 g/mol. The van der Waals surface area contributed by atoms with Gasteiger partial charge in [-0.15, -0.1) is 0 Å². The molecule has 4 heteroatoms. The van der Waals surface area contributed by atoms with Crippen LogP contribution in [0.5, 0.6) is 0 Å². The third kappa shape index (κ3) is 3.35.